The second kappa shape index (κ2) is 15.4. The van der Waals surface area contributed by atoms with E-state index in [9.17, 15) is 14.4 Å². The van der Waals surface area contributed by atoms with Gasteiger partial charge < -0.3 is 10.1 Å². The highest BCUT2D eigenvalue weighted by atomic mass is 16.5. The van der Waals surface area contributed by atoms with Gasteiger partial charge >= 0.3 is 5.97 Å². The van der Waals surface area contributed by atoms with Crippen molar-refractivity contribution in [2.24, 2.45) is 5.10 Å². The van der Waals surface area contributed by atoms with Crippen molar-refractivity contribution in [3.05, 3.63) is 65.2 Å². The topological polar surface area (TPSA) is 96.9 Å². The predicted molar refractivity (Wildman–Crippen MR) is 134 cm³/mol. The number of carbonyl (C=O) groups is 3. The highest BCUT2D eigenvalue weighted by Crippen LogP contribution is 2.14. The third kappa shape index (κ3) is 10.9. The minimum absolute atomic E-state index is 0.111. The van der Waals surface area contributed by atoms with Gasteiger partial charge in [-0.15, -0.1) is 0 Å². The van der Waals surface area contributed by atoms with E-state index in [2.05, 4.69) is 22.8 Å². The summed E-state index contributed by atoms with van der Waals surface area (Å²) in [7, 11) is 0. The number of rotatable bonds is 14. The number of hydrazone groups is 1. The summed E-state index contributed by atoms with van der Waals surface area (Å²) >= 11 is 0. The Balaban J connectivity index is 1.63. The van der Waals surface area contributed by atoms with Crippen LogP contribution in [0.25, 0.3) is 0 Å². The third-order valence-corrected chi connectivity index (χ3v) is 5.23. The van der Waals surface area contributed by atoms with Gasteiger partial charge in [-0.2, -0.15) is 5.10 Å². The van der Waals surface area contributed by atoms with Gasteiger partial charge in [-0.25, -0.2) is 10.2 Å². The molecule has 2 amide bonds. The van der Waals surface area contributed by atoms with Gasteiger partial charge in [-0.1, -0.05) is 63.1 Å². The summed E-state index contributed by atoms with van der Waals surface area (Å²) in [6.07, 6.45) is 9.92. The van der Waals surface area contributed by atoms with Crippen molar-refractivity contribution in [2.75, 3.05) is 6.54 Å². The Labute approximate surface area is 202 Å². The van der Waals surface area contributed by atoms with Crippen molar-refractivity contribution in [3.8, 4) is 5.75 Å². The summed E-state index contributed by atoms with van der Waals surface area (Å²) in [4.78, 5) is 35.8. The van der Waals surface area contributed by atoms with E-state index >= 15 is 0 Å². The van der Waals surface area contributed by atoms with E-state index in [4.69, 9.17) is 4.74 Å². The second-order valence-electron chi connectivity index (χ2n) is 8.27. The molecule has 0 aromatic heterocycles. The lowest BCUT2D eigenvalue weighted by Gasteiger charge is -2.05. The number of nitrogens with zero attached hydrogens (tertiary/aromatic N) is 1. The third-order valence-electron chi connectivity index (χ3n) is 5.23. The second-order valence-corrected chi connectivity index (χ2v) is 8.27. The standard InChI is InChI=1S/C27H35N3O4/c1-3-4-5-6-7-8-9-10-25(31)28-20-26(32)30-29-19-22-13-17-24(18-14-22)34-27(33)23-15-11-21(2)12-16-23/h11-19H,3-10,20H2,1-2H3,(H,28,31)(H,30,32). The number of hydrogen-bond acceptors (Lipinski definition) is 5. The Morgan fingerprint density at radius 3 is 2.18 bits per heavy atom. The zero-order chi connectivity index (χ0) is 24.6. The monoisotopic (exact) mass is 465 g/mol. The summed E-state index contributed by atoms with van der Waals surface area (Å²) in [5.41, 5.74) is 4.65. The first-order chi connectivity index (χ1) is 16.5. The Morgan fingerprint density at radius 1 is 0.853 bits per heavy atom. The van der Waals surface area contributed by atoms with Crippen LogP contribution >= 0.6 is 0 Å². The molecule has 7 nitrogen and oxygen atoms in total. The molecule has 0 heterocycles. The number of ether oxygens (including phenoxy) is 1. The first-order valence-corrected chi connectivity index (χ1v) is 12.0. The highest BCUT2D eigenvalue weighted by molar-refractivity contribution is 5.91. The van der Waals surface area contributed by atoms with Crippen molar-refractivity contribution in [1.29, 1.82) is 0 Å². The normalized spacial score (nSPS) is 10.8. The largest absolute Gasteiger partial charge is 0.423 e. The van der Waals surface area contributed by atoms with Crippen LogP contribution < -0.4 is 15.5 Å². The molecule has 182 valence electrons. The fraction of sp³-hybridized carbons (Fsp3) is 0.407. The molecule has 0 unspecified atom stereocenters. The Bertz CT molecular complexity index is 937. The Hall–Kier alpha value is -3.48. The minimum Gasteiger partial charge on any atom is -0.423 e. The van der Waals surface area contributed by atoms with Gasteiger partial charge in [0.05, 0.1) is 18.3 Å². The van der Waals surface area contributed by atoms with E-state index in [-0.39, 0.29) is 12.5 Å². The van der Waals surface area contributed by atoms with Gasteiger partial charge in [0.25, 0.3) is 5.91 Å². The van der Waals surface area contributed by atoms with Crippen LogP contribution in [-0.2, 0) is 9.59 Å². The van der Waals surface area contributed by atoms with Gasteiger partial charge in [0.15, 0.2) is 0 Å². The summed E-state index contributed by atoms with van der Waals surface area (Å²) < 4.78 is 5.36. The van der Waals surface area contributed by atoms with E-state index < -0.39 is 11.9 Å². The molecular formula is C27H35N3O4. The van der Waals surface area contributed by atoms with Crippen LogP contribution in [0.4, 0.5) is 0 Å². The number of carbonyl (C=O) groups excluding carboxylic acids is 3. The van der Waals surface area contributed by atoms with Crippen LogP contribution in [0.15, 0.2) is 53.6 Å². The average Bonchev–Trinajstić information content (AvgIpc) is 2.83. The molecule has 0 aliphatic rings. The molecular weight excluding hydrogens is 430 g/mol. The first-order valence-electron chi connectivity index (χ1n) is 12.0. The van der Waals surface area contributed by atoms with Gasteiger partial charge in [0, 0.05) is 6.42 Å². The van der Waals surface area contributed by atoms with Crippen molar-refractivity contribution in [1.82, 2.24) is 10.7 Å². The molecule has 7 heteroatoms. The van der Waals surface area contributed by atoms with Crippen molar-refractivity contribution in [2.45, 2.75) is 65.2 Å². The van der Waals surface area contributed by atoms with Crippen LogP contribution in [0.1, 0.15) is 79.8 Å². The van der Waals surface area contributed by atoms with Crippen LogP contribution in [-0.4, -0.2) is 30.5 Å². The number of nitrogens with one attached hydrogen (secondary N) is 2. The lowest BCUT2D eigenvalue weighted by Crippen LogP contribution is -2.34. The number of benzene rings is 2. The maximum Gasteiger partial charge on any atom is 0.343 e. The number of hydrogen-bond donors (Lipinski definition) is 2. The minimum atomic E-state index is -0.428. The Kier molecular flexibility index (Phi) is 12.1. The van der Waals surface area contributed by atoms with Crippen LogP contribution in [0.3, 0.4) is 0 Å². The number of amides is 2. The molecule has 2 N–H and O–H groups in total. The van der Waals surface area contributed by atoms with Crippen LogP contribution in [0, 0.1) is 6.92 Å². The summed E-state index contributed by atoms with van der Waals surface area (Å²) in [6.45, 7) is 4.03. The number of esters is 1. The quantitative estimate of drug-likeness (QED) is 0.136. The maximum absolute atomic E-state index is 12.2. The molecule has 34 heavy (non-hydrogen) atoms. The molecule has 0 fully saturated rings. The molecule has 2 aromatic rings. The molecule has 0 aliphatic carbocycles. The lowest BCUT2D eigenvalue weighted by atomic mass is 10.1. The number of aryl methyl sites for hydroxylation is 1. The predicted octanol–water partition coefficient (Wildman–Crippen LogP) is 4.92. The molecule has 0 aliphatic heterocycles. The SMILES string of the molecule is CCCCCCCCCC(=O)NCC(=O)NN=Cc1ccc(OC(=O)c2ccc(C)cc2)cc1. The Morgan fingerprint density at radius 2 is 1.50 bits per heavy atom. The van der Waals surface area contributed by atoms with E-state index in [0.29, 0.717) is 17.7 Å². The average molecular weight is 466 g/mol. The zero-order valence-electron chi connectivity index (χ0n) is 20.1. The first kappa shape index (κ1) is 26.8. The molecule has 0 bridgehead atoms. The summed E-state index contributed by atoms with van der Waals surface area (Å²) in [6, 6.07) is 13.9. The zero-order valence-corrected chi connectivity index (χ0v) is 20.1. The van der Waals surface area contributed by atoms with Crippen molar-refractivity contribution in [3.63, 3.8) is 0 Å². The highest BCUT2D eigenvalue weighted by Gasteiger charge is 2.08. The summed E-state index contributed by atoms with van der Waals surface area (Å²) in [5.74, 6) is -0.533. The van der Waals surface area contributed by atoms with Gasteiger partial charge in [-0.05, 0) is 55.3 Å². The smallest absolute Gasteiger partial charge is 0.343 e. The molecule has 2 aromatic carbocycles. The van der Waals surface area contributed by atoms with Gasteiger partial charge in [0.2, 0.25) is 5.91 Å². The van der Waals surface area contributed by atoms with E-state index in [1.165, 1.54) is 31.9 Å². The fourth-order valence-corrected chi connectivity index (χ4v) is 3.21. The van der Waals surface area contributed by atoms with Crippen molar-refractivity contribution >= 4 is 24.0 Å². The molecule has 0 atom stereocenters. The molecule has 0 spiro atoms. The van der Waals surface area contributed by atoms with E-state index in [1.54, 1.807) is 36.4 Å². The van der Waals surface area contributed by atoms with Crippen molar-refractivity contribution < 1.29 is 19.1 Å². The van der Waals surface area contributed by atoms with Crippen LogP contribution in [0.5, 0.6) is 5.75 Å². The molecule has 0 saturated heterocycles. The van der Waals surface area contributed by atoms with Gasteiger partial charge in [0.1, 0.15) is 5.75 Å². The maximum atomic E-state index is 12.2. The van der Waals surface area contributed by atoms with E-state index in [1.807, 2.05) is 19.1 Å². The lowest BCUT2D eigenvalue weighted by molar-refractivity contribution is -0.126. The van der Waals surface area contributed by atoms with Gasteiger partial charge in [-0.3, -0.25) is 9.59 Å². The fourth-order valence-electron chi connectivity index (χ4n) is 3.21. The summed E-state index contributed by atoms with van der Waals surface area (Å²) in [5, 5.41) is 6.50. The van der Waals surface area contributed by atoms with Crippen LogP contribution in [0.2, 0.25) is 0 Å². The number of unbranched alkanes of at least 4 members (excludes halogenated alkanes) is 6. The molecule has 0 radical (unpaired) electrons. The molecule has 0 saturated carbocycles. The van der Waals surface area contributed by atoms with E-state index in [0.717, 1.165) is 30.4 Å². The molecule has 2 rings (SSSR count).